The van der Waals surface area contributed by atoms with E-state index in [9.17, 15) is 9.59 Å². The summed E-state index contributed by atoms with van der Waals surface area (Å²) in [6, 6.07) is 27.1. The summed E-state index contributed by atoms with van der Waals surface area (Å²) in [5, 5.41) is 3.12. The molecule has 0 radical (unpaired) electrons. The molecular formula is C29H34N2O2. The average Bonchev–Trinajstić information content (AvgIpc) is 2.83. The van der Waals surface area contributed by atoms with Crippen LogP contribution in [0.2, 0.25) is 0 Å². The lowest BCUT2D eigenvalue weighted by Crippen LogP contribution is -2.52. The average molecular weight is 443 g/mol. The predicted octanol–water partition coefficient (Wildman–Crippen LogP) is 5.09. The summed E-state index contributed by atoms with van der Waals surface area (Å²) in [4.78, 5) is 28.9. The molecule has 0 unspecified atom stereocenters. The Morgan fingerprint density at radius 3 is 2.03 bits per heavy atom. The molecule has 3 aromatic rings. The summed E-state index contributed by atoms with van der Waals surface area (Å²) in [6.45, 7) is 6.47. The SMILES string of the molecule is CC[C@H](C)NC(=O)[C@@H](Cc1ccccc1)N(Cc1ccccc1C)C(=O)Cc1ccccc1. The van der Waals surface area contributed by atoms with Gasteiger partial charge in [0.25, 0.3) is 0 Å². The zero-order chi connectivity index (χ0) is 23.6. The molecule has 0 aliphatic carbocycles. The molecule has 0 aromatic heterocycles. The van der Waals surface area contributed by atoms with Gasteiger partial charge in [-0.1, -0.05) is 91.9 Å². The van der Waals surface area contributed by atoms with Gasteiger partial charge in [0.1, 0.15) is 6.04 Å². The van der Waals surface area contributed by atoms with Crippen LogP contribution in [0.3, 0.4) is 0 Å². The van der Waals surface area contributed by atoms with Crippen molar-refractivity contribution < 1.29 is 9.59 Å². The molecule has 33 heavy (non-hydrogen) atoms. The lowest BCUT2D eigenvalue weighted by Gasteiger charge is -2.33. The Bertz CT molecular complexity index is 1030. The molecule has 3 rings (SSSR count). The zero-order valence-electron chi connectivity index (χ0n) is 19.8. The Morgan fingerprint density at radius 2 is 1.42 bits per heavy atom. The molecule has 0 saturated heterocycles. The van der Waals surface area contributed by atoms with Crippen LogP contribution in [0.1, 0.15) is 42.5 Å². The summed E-state index contributed by atoms with van der Waals surface area (Å²) in [5.74, 6) is -0.159. The normalized spacial score (nSPS) is 12.6. The summed E-state index contributed by atoms with van der Waals surface area (Å²) < 4.78 is 0. The van der Waals surface area contributed by atoms with Crippen LogP contribution in [0.15, 0.2) is 84.9 Å². The molecule has 0 saturated carbocycles. The first-order chi connectivity index (χ1) is 16.0. The number of amides is 2. The third-order valence-electron chi connectivity index (χ3n) is 6.07. The van der Waals surface area contributed by atoms with Gasteiger partial charge in [0.15, 0.2) is 0 Å². The van der Waals surface area contributed by atoms with Crippen LogP contribution in [0, 0.1) is 6.92 Å². The second-order valence-electron chi connectivity index (χ2n) is 8.63. The van der Waals surface area contributed by atoms with Crippen molar-refractivity contribution in [2.45, 2.75) is 58.7 Å². The molecule has 1 N–H and O–H groups in total. The standard InChI is InChI=1S/C29H34N2O2/c1-4-23(3)30-29(33)27(19-24-14-7-5-8-15-24)31(21-26-18-12-11-13-22(26)2)28(32)20-25-16-9-6-10-17-25/h5-18,23,27H,4,19-21H2,1-3H3,(H,30,33)/t23-,27+/m0/s1. The highest BCUT2D eigenvalue weighted by Crippen LogP contribution is 2.18. The van der Waals surface area contributed by atoms with Crippen LogP contribution >= 0.6 is 0 Å². The van der Waals surface area contributed by atoms with E-state index in [0.717, 1.165) is 28.7 Å². The number of carbonyl (C=O) groups is 2. The minimum atomic E-state index is -0.600. The fraction of sp³-hybridized carbons (Fsp3) is 0.310. The molecule has 0 aliphatic rings. The Balaban J connectivity index is 1.97. The highest BCUT2D eigenvalue weighted by Gasteiger charge is 2.31. The molecule has 0 fully saturated rings. The van der Waals surface area contributed by atoms with Gasteiger partial charge in [0.05, 0.1) is 6.42 Å². The fourth-order valence-corrected chi connectivity index (χ4v) is 3.84. The molecule has 4 nitrogen and oxygen atoms in total. The van der Waals surface area contributed by atoms with E-state index in [0.29, 0.717) is 13.0 Å². The van der Waals surface area contributed by atoms with Crippen LogP contribution in [-0.2, 0) is 29.0 Å². The van der Waals surface area contributed by atoms with Crippen LogP contribution in [0.25, 0.3) is 0 Å². The van der Waals surface area contributed by atoms with Gasteiger partial charge in [0, 0.05) is 19.0 Å². The van der Waals surface area contributed by atoms with Crippen molar-refractivity contribution in [2.24, 2.45) is 0 Å². The zero-order valence-corrected chi connectivity index (χ0v) is 19.8. The minimum absolute atomic E-state index is 0.0420. The summed E-state index contributed by atoms with van der Waals surface area (Å²) in [6.07, 6.45) is 1.56. The Morgan fingerprint density at radius 1 is 0.848 bits per heavy atom. The number of benzene rings is 3. The number of rotatable bonds is 10. The van der Waals surface area contributed by atoms with Gasteiger partial charge in [-0.25, -0.2) is 0 Å². The first-order valence-electron chi connectivity index (χ1n) is 11.7. The molecule has 2 atom stereocenters. The number of carbonyl (C=O) groups excluding carboxylic acids is 2. The van der Waals surface area contributed by atoms with Gasteiger partial charge in [-0.05, 0) is 42.5 Å². The number of hydrogen-bond donors (Lipinski definition) is 1. The highest BCUT2D eigenvalue weighted by molar-refractivity contribution is 5.89. The first-order valence-corrected chi connectivity index (χ1v) is 11.7. The van der Waals surface area contributed by atoms with Crippen LogP contribution < -0.4 is 5.32 Å². The molecule has 4 heteroatoms. The molecular weight excluding hydrogens is 408 g/mol. The summed E-state index contributed by atoms with van der Waals surface area (Å²) in [7, 11) is 0. The molecule has 172 valence electrons. The van der Waals surface area contributed by atoms with Crippen molar-refractivity contribution in [2.75, 3.05) is 0 Å². The van der Waals surface area contributed by atoms with E-state index in [2.05, 4.69) is 5.32 Å². The smallest absolute Gasteiger partial charge is 0.243 e. The quantitative estimate of drug-likeness (QED) is 0.475. The Hall–Kier alpha value is -3.40. The summed E-state index contributed by atoms with van der Waals surface area (Å²) in [5.41, 5.74) is 4.13. The van der Waals surface area contributed by atoms with E-state index in [1.54, 1.807) is 4.90 Å². The second kappa shape index (κ2) is 12.0. The van der Waals surface area contributed by atoms with Gasteiger partial charge in [-0.3, -0.25) is 9.59 Å². The van der Waals surface area contributed by atoms with Crippen LogP contribution in [0.4, 0.5) is 0 Å². The topological polar surface area (TPSA) is 49.4 Å². The van der Waals surface area contributed by atoms with E-state index < -0.39 is 6.04 Å². The lowest BCUT2D eigenvalue weighted by atomic mass is 10.00. The minimum Gasteiger partial charge on any atom is -0.352 e. The predicted molar refractivity (Wildman–Crippen MR) is 134 cm³/mol. The number of nitrogens with zero attached hydrogens (tertiary/aromatic N) is 1. The monoisotopic (exact) mass is 442 g/mol. The van der Waals surface area contributed by atoms with E-state index in [-0.39, 0.29) is 24.3 Å². The molecule has 3 aromatic carbocycles. The largest absolute Gasteiger partial charge is 0.352 e. The van der Waals surface area contributed by atoms with Crippen molar-refractivity contribution in [3.8, 4) is 0 Å². The van der Waals surface area contributed by atoms with Gasteiger partial charge >= 0.3 is 0 Å². The lowest BCUT2D eigenvalue weighted by molar-refractivity contribution is -0.141. The van der Waals surface area contributed by atoms with Crippen molar-refractivity contribution in [3.63, 3.8) is 0 Å². The third-order valence-corrected chi connectivity index (χ3v) is 6.07. The Labute approximate surface area is 197 Å². The van der Waals surface area contributed by atoms with Gasteiger partial charge in [-0.2, -0.15) is 0 Å². The van der Waals surface area contributed by atoms with E-state index in [4.69, 9.17) is 0 Å². The second-order valence-corrected chi connectivity index (χ2v) is 8.63. The van der Waals surface area contributed by atoms with Gasteiger partial charge in [0.2, 0.25) is 11.8 Å². The van der Waals surface area contributed by atoms with E-state index in [1.807, 2.05) is 106 Å². The van der Waals surface area contributed by atoms with Gasteiger partial charge in [-0.15, -0.1) is 0 Å². The number of nitrogens with one attached hydrogen (secondary N) is 1. The Kier molecular flexibility index (Phi) is 8.82. The van der Waals surface area contributed by atoms with E-state index >= 15 is 0 Å². The van der Waals surface area contributed by atoms with Crippen LogP contribution in [0.5, 0.6) is 0 Å². The maximum Gasteiger partial charge on any atom is 0.243 e. The maximum absolute atomic E-state index is 13.7. The molecule has 0 bridgehead atoms. The van der Waals surface area contributed by atoms with Crippen molar-refractivity contribution in [1.29, 1.82) is 0 Å². The molecule has 0 aliphatic heterocycles. The van der Waals surface area contributed by atoms with Crippen molar-refractivity contribution in [1.82, 2.24) is 10.2 Å². The fourth-order valence-electron chi connectivity index (χ4n) is 3.84. The van der Waals surface area contributed by atoms with Crippen LogP contribution in [-0.4, -0.2) is 28.8 Å². The van der Waals surface area contributed by atoms with E-state index in [1.165, 1.54) is 0 Å². The summed E-state index contributed by atoms with van der Waals surface area (Å²) >= 11 is 0. The van der Waals surface area contributed by atoms with Gasteiger partial charge < -0.3 is 10.2 Å². The third kappa shape index (κ3) is 7.04. The number of hydrogen-bond acceptors (Lipinski definition) is 2. The van der Waals surface area contributed by atoms with Crippen molar-refractivity contribution in [3.05, 3.63) is 107 Å². The highest BCUT2D eigenvalue weighted by atomic mass is 16.2. The maximum atomic E-state index is 13.7. The molecule has 2 amide bonds. The number of aryl methyl sites for hydroxylation is 1. The van der Waals surface area contributed by atoms with Crippen molar-refractivity contribution >= 4 is 11.8 Å². The molecule has 0 heterocycles. The first kappa shape index (κ1) is 24.2. The molecule has 0 spiro atoms.